The first-order valence-corrected chi connectivity index (χ1v) is 12.5. The zero-order valence-electron chi connectivity index (χ0n) is 21.8. The Bertz CT molecular complexity index is 1390. The highest BCUT2D eigenvalue weighted by atomic mass is 16.3. The van der Waals surface area contributed by atoms with Crippen molar-refractivity contribution in [3.63, 3.8) is 0 Å². The molecule has 2 heterocycles. The lowest BCUT2D eigenvalue weighted by atomic mass is 9.98. The molecule has 0 radical (unpaired) electrons. The van der Waals surface area contributed by atoms with Gasteiger partial charge in [0.1, 0.15) is 11.9 Å². The maximum atomic E-state index is 13.4. The van der Waals surface area contributed by atoms with Gasteiger partial charge in [-0.2, -0.15) is 10.4 Å². The molecule has 38 heavy (non-hydrogen) atoms. The lowest BCUT2D eigenvalue weighted by Crippen LogP contribution is -2.35. The third-order valence-corrected chi connectivity index (χ3v) is 6.57. The van der Waals surface area contributed by atoms with Gasteiger partial charge >= 0.3 is 0 Å². The van der Waals surface area contributed by atoms with Gasteiger partial charge in [0.05, 0.1) is 30.0 Å². The van der Waals surface area contributed by atoms with Crippen LogP contribution in [0.3, 0.4) is 0 Å². The summed E-state index contributed by atoms with van der Waals surface area (Å²) >= 11 is 0. The summed E-state index contributed by atoms with van der Waals surface area (Å²) in [5.41, 5.74) is 3.79. The topological polar surface area (TPSA) is 116 Å². The van der Waals surface area contributed by atoms with Crippen LogP contribution >= 0.6 is 0 Å². The highest BCUT2D eigenvalue weighted by Crippen LogP contribution is 2.23. The molecule has 0 saturated carbocycles. The fraction of sp³-hybridized carbons (Fsp3) is 0.267. The molecule has 4 rings (SSSR count). The molecule has 2 aromatic heterocycles. The molecule has 0 aliphatic rings. The van der Waals surface area contributed by atoms with E-state index in [9.17, 15) is 9.90 Å². The Morgan fingerprint density at radius 3 is 2.39 bits per heavy atom. The molecule has 0 bridgehead atoms. The first kappa shape index (κ1) is 26.7. The number of nitriles is 1. The minimum atomic E-state index is -0.572. The van der Waals surface area contributed by atoms with E-state index in [1.54, 1.807) is 35.3 Å². The second-order valence-electron chi connectivity index (χ2n) is 9.95. The standard InChI is InChI=1S/C30H32N6O2/c1-21(23-11-9-22(15-31)10-12-23)16-33-28(24-7-5-4-6-8-24)29(38)35-27-14-13-25(17-32-27)26-18-34-36(19-26)30(2,3)20-37/h4-14,17-19,21,28,33,37H,16,20H2,1-3H3,(H,32,35,38)/t21-,28-/m1/s1. The number of amides is 1. The van der Waals surface area contributed by atoms with E-state index in [0.29, 0.717) is 17.9 Å². The molecule has 0 fully saturated rings. The second kappa shape index (κ2) is 11.8. The van der Waals surface area contributed by atoms with Crippen molar-refractivity contribution < 1.29 is 9.90 Å². The third kappa shape index (κ3) is 6.32. The van der Waals surface area contributed by atoms with Crippen molar-refractivity contribution in [2.75, 3.05) is 18.5 Å². The summed E-state index contributed by atoms with van der Waals surface area (Å²) in [5.74, 6) is 0.376. The van der Waals surface area contributed by atoms with Crippen LogP contribution in [0.1, 0.15) is 49.4 Å². The SMILES string of the molecule is C[C@H](CN[C@@H](C(=O)Nc1ccc(-c2cnn(C(C)(C)CO)c2)cn1)c1ccccc1)c1ccc(C#N)cc1. The number of aromatic nitrogens is 3. The van der Waals surface area contributed by atoms with Crippen molar-refractivity contribution in [3.8, 4) is 17.2 Å². The van der Waals surface area contributed by atoms with E-state index in [-0.39, 0.29) is 18.4 Å². The smallest absolute Gasteiger partial charge is 0.247 e. The summed E-state index contributed by atoms with van der Waals surface area (Å²) < 4.78 is 1.73. The Kier molecular flexibility index (Phi) is 8.31. The number of hydrogen-bond acceptors (Lipinski definition) is 6. The molecule has 4 aromatic rings. The number of carbonyl (C=O) groups is 1. The van der Waals surface area contributed by atoms with E-state index in [1.165, 1.54) is 0 Å². The number of rotatable bonds is 10. The lowest BCUT2D eigenvalue weighted by molar-refractivity contribution is -0.118. The zero-order valence-corrected chi connectivity index (χ0v) is 21.8. The molecule has 2 aromatic carbocycles. The first-order chi connectivity index (χ1) is 18.3. The van der Waals surface area contributed by atoms with Gasteiger partial charge in [0.2, 0.25) is 5.91 Å². The van der Waals surface area contributed by atoms with Gasteiger partial charge in [-0.1, -0.05) is 49.4 Å². The van der Waals surface area contributed by atoms with Crippen LogP contribution in [0.2, 0.25) is 0 Å². The van der Waals surface area contributed by atoms with Crippen LogP contribution in [0.5, 0.6) is 0 Å². The van der Waals surface area contributed by atoms with E-state index in [1.807, 2.05) is 68.6 Å². The first-order valence-electron chi connectivity index (χ1n) is 12.5. The van der Waals surface area contributed by atoms with Gasteiger partial charge in [0, 0.05) is 30.1 Å². The van der Waals surface area contributed by atoms with Crippen LogP contribution in [0.4, 0.5) is 5.82 Å². The molecule has 2 atom stereocenters. The number of nitrogens with one attached hydrogen (secondary N) is 2. The molecular formula is C30H32N6O2. The van der Waals surface area contributed by atoms with Crippen molar-refractivity contribution in [2.24, 2.45) is 0 Å². The van der Waals surface area contributed by atoms with Crippen molar-refractivity contribution in [3.05, 3.63) is 102 Å². The summed E-state index contributed by atoms with van der Waals surface area (Å²) in [7, 11) is 0. The predicted molar refractivity (Wildman–Crippen MR) is 147 cm³/mol. The Morgan fingerprint density at radius 2 is 1.76 bits per heavy atom. The minimum Gasteiger partial charge on any atom is -0.394 e. The van der Waals surface area contributed by atoms with Gasteiger partial charge in [-0.3, -0.25) is 9.48 Å². The monoisotopic (exact) mass is 508 g/mol. The molecule has 3 N–H and O–H groups in total. The number of anilines is 1. The number of pyridine rings is 1. The van der Waals surface area contributed by atoms with Crippen LogP contribution in [-0.4, -0.2) is 38.9 Å². The quantitative estimate of drug-likeness (QED) is 0.288. The Balaban J connectivity index is 1.45. The highest BCUT2D eigenvalue weighted by molar-refractivity contribution is 5.95. The summed E-state index contributed by atoms with van der Waals surface area (Å²) in [6, 6.07) is 22.3. The van der Waals surface area contributed by atoms with Crippen LogP contribution in [0.15, 0.2) is 85.3 Å². The number of carbonyl (C=O) groups excluding carboxylic acids is 1. The molecular weight excluding hydrogens is 476 g/mol. The molecule has 1 amide bonds. The van der Waals surface area contributed by atoms with Gasteiger partial charge in [-0.15, -0.1) is 0 Å². The van der Waals surface area contributed by atoms with Crippen molar-refractivity contribution in [2.45, 2.75) is 38.3 Å². The number of nitrogens with zero attached hydrogens (tertiary/aromatic N) is 4. The zero-order chi connectivity index (χ0) is 27.1. The summed E-state index contributed by atoms with van der Waals surface area (Å²) in [5, 5.41) is 29.3. The molecule has 0 unspecified atom stereocenters. The largest absolute Gasteiger partial charge is 0.394 e. The van der Waals surface area contributed by atoms with Crippen LogP contribution in [0.25, 0.3) is 11.1 Å². The van der Waals surface area contributed by atoms with Gasteiger partial charge in [-0.05, 0) is 55.2 Å². The van der Waals surface area contributed by atoms with Crippen molar-refractivity contribution in [1.29, 1.82) is 5.26 Å². The van der Waals surface area contributed by atoms with Gasteiger partial charge in [0.15, 0.2) is 0 Å². The molecule has 0 aliphatic carbocycles. The van der Waals surface area contributed by atoms with E-state index in [2.05, 4.69) is 33.7 Å². The normalized spacial score (nSPS) is 12.9. The molecule has 8 heteroatoms. The maximum Gasteiger partial charge on any atom is 0.247 e. The number of hydrogen-bond donors (Lipinski definition) is 3. The van der Waals surface area contributed by atoms with Crippen LogP contribution < -0.4 is 10.6 Å². The minimum absolute atomic E-state index is 0.0276. The van der Waals surface area contributed by atoms with Crippen molar-refractivity contribution >= 4 is 11.7 Å². The van der Waals surface area contributed by atoms with E-state index in [4.69, 9.17) is 5.26 Å². The fourth-order valence-corrected chi connectivity index (χ4v) is 4.02. The van der Waals surface area contributed by atoms with Gasteiger partial charge in [0.25, 0.3) is 0 Å². The summed E-state index contributed by atoms with van der Waals surface area (Å²) in [4.78, 5) is 17.8. The van der Waals surface area contributed by atoms with Gasteiger partial charge < -0.3 is 15.7 Å². The molecule has 194 valence electrons. The van der Waals surface area contributed by atoms with E-state index >= 15 is 0 Å². The lowest BCUT2D eigenvalue weighted by Gasteiger charge is -2.22. The number of aliphatic hydroxyl groups excluding tert-OH is 1. The molecule has 0 saturated heterocycles. The predicted octanol–water partition coefficient (Wildman–Crippen LogP) is 4.62. The van der Waals surface area contributed by atoms with E-state index in [0.717, 1.165) is 22.3 Å². The number of aliphatic hydroxyl groups is 1. The van der Waals surface area contributed by atoms with Crippen LogP contribution in [0, 0.1) is 11.3 Å². The Morgan fingerprint density at radius 1 is 1.03 bits per heavy atom. The molecule has 0 aliphatic heterocycles. The fourth-order valence-electron chi connectivity index (χ4n) is 4.02. The molecule has 0 spiro atoms. The summed E-state index contributed by atoms with van der Waals surface area (Å²) in [6.07, 6.45) is 5.30. The van der Waals surface area contributed by atoms with Gasteiger partial charge in [-0.25, -0.2) is 4.98 Å². The maximum absolute atomic E-state index is 13.4. The summed E-state index contributed by atoms with van der Waals surface area (Å²) in [6.45, 7) is 6.43. The number of benzene rings is 2. The Labute approximate surface area is 223 Å². The average molecular weight is 509 g/mol. The van der Waals surface area contributed by atoms with E-state index < -0.39 is 11.6 Å². The van der Waals surface area contributed by atoms with Crippen LogP contribution in [-0.2, 0) is 10.3 Å². The van der Waals surface area contributed by atoms with Crippen molar-refractivity contribution in [1.82, 2.24) is 20.1 Å². The second-order valence-corrected chi connectivity index (χ2v) is 9.95. The third-order valence-electron chi connectivity index (χ3n) is 6.57. The molecule has 8 nitrogen and oxygen atoms in total. The average Bonchev–Trinajstić information content (AvgIpc) is 3.45. The Hall–Kier alpha value is -4.32. The highest BCUT2D eigenvalue weighted by Gasteiger charge is 2.22.